The summed E-state index contributed by atoms with van der Waals surface area (Å²) < 4.78 is 6.24. The number of rotatable bonds is 3. The van der Waals surface area contributed by atoms with E-state index in [1.807, 2.05) is 18.3 Å². The number of pyridine rings is 1. The van der Waals surface area contributed by atoms with Crippen molar-refractivity contribution in [3.8, 4) is 17.0 Å². The number of nitrogens with two attached hydrogens (primary N) is 1. The molecule has 0 saturated carbocycles. The van der Waals surface area contributed by atoms with Crippen molar-refractivity contribution >= 4 is 17.0 Å². The van der Waals surface area contributed by atoms with Gasteiger partial charge in [0.1, 0.15) is 17.5 Å². The summed E-state index contributed by atoms with van der Waals surface area (Å²) in [5, 5.41) is 4.28. The van der Waals surface area contributed by atoms with Crippen LogP contribution in [0.5, 0.6) is 5.75 Å². The lowest BCUT2D eigenvalue weighted by Gasteiger charge is -2.24. The number of nitrogens with zero attached hydrogens (tertiary/aromatic N) is 3. The summed E-state index contributed by atoms with van der Waals surface area (Å²) in [5.74, 6) is 1.08. The first-order chi connectivity index (χ1) is 11.3. The number of fused-ring (bicyclic) bond motifs is 1. The molecule has 3 aromatic heterocycles. The molecule has 1 aliphatic rings. The summed E-state index contributed by atoms with van der Waals surface area (Å²) in [6.45, 7) is 1.97. The summed E-state index contributed by atoms with van der Waals surface area (Å²) >= 11 is 0. The van der Waals surface area contributed by atoms with E-state index in [4.69, 9.17) is 10.5 Å². The van der Waals surface area contributed by atoms with E-state index in [1.165, 1.54) is 0 Å². The third-order valence-corrected chi connectivity index (χ3v) is 4.07. The van der Waals surface area contributed by atoms with Crippen molar-refractivity contribution in [2.24, 2.45) is 0 Å². The summed E-state index contributed by atoms with van der Waals surface area (Å²) in [4.78, 5) is 15.8. The number of hydrogen-bond donors (Lipinski definition) is 3. The largest absolute Gasteiger partial charge is 0.489 e. The van der Waals surface area contributed by atoms with Crippen molar-refractivity contribution in [1.82, 2.24) is 25.3 Å². The first kappa shape index (κ1) is 14.0. The first-order valence-electron chi connectivity index (χ1n) is 7.73. The highest BCUT2D eigenvalue weighted by Gasteiger charge is 2.19. The number of H-pyrrole nitrogens is 1. The minimum Gasteiger partial charge on any atom is -0.489 e. The lowest BCUT2D eigenvalue weighted by molar-refractivity contribution is 0.164. The van der Waals surface area contributed by atoms with Crippen LogP contribution >= 0.6 is 0 Å². The van der Waals surface area contributed by atoms with Gasteiger partial charge in [0.25, 0.3) is 0 Å². The van der Waals surface area contributed by atoms with Crippen LogP contribution in [0.25, 0.3) is 22.3 Å². The monoisotopic (exact) mass is 310 g/mol. The lowest BCUT2D eigenvalue weighted by Crippen LogP contribution is -2.34. The molecule has 4 N–H and O–H groups in total. The fraction of sp³-hybridized carbons (Fsp3) is 0.312. The molecule has 0 bridgehead atoms. The second-order valence-corrected chi connectivity index (χ2v) is 5.60. The standard InChI is InChI=1S/C16H18N6O/c17-16-20-7-3-12(22-16)11-9-21-15-14(11)13(4-8-19-15)23-10-1-5-18-6-2-10/h3-4,7-10,18H,1-2,5-6H2,(H,19,21)(H2,17,20,22). The molecule has 7 heteroatoms. The first-order valence-corrected chi connectivity index (χ1v) is 7.73. The summed E-state index contributed by atoms with van der Waals surface area (Å²) in [5.41, 5.74) is 8.17. The topological polar surface area (TPSA) is 102 Å². The number of piperidine rings is 1. The van der Waals surface area contributed by atoms with E-state index in [-0.39, 0.29) is 12.1 Å². The molecule has 4 heterocycles. The van der Waals surface area contributed by atoms with Crippen LogP contribution in [0.2, 0.25) is 0 Å². The van der Waals surface area contributed by atoms with E-state index >= 15 is 0 Å². The van der Waals surface area contributed by atoms with Gasteiger partial charge in [-0.3, -0.25) is 0 Å². The average Bonchev–Trinajstić information content (AvgIpc) is 3.01. The Morgan fingerprint density at radius 3 is 2.78 bits per heavy atom. The van der Waals surface area contributed by atoms with Gasteiger partial charge in [0.15, 0.2) is 0 Å². The normalized spacial score (nSPS) is 15.8. The van der Waals surface area contributed by atoms with E-state index in [1.54, 1.807) is 12.4 Å². The van der Waals surface area contributed by atoms with Gasteiger partial charge in [-0.05, 0) is 38.1 Å². The van der Waals surface area contributed by atoms with E-state index in [0.717, 1.165) is 54.0 Å². The van der Waals surface area contributed by atoms with E-state index in [2.05, 4.69) is 25.3 Å². The molecule has 0 radical (unpaired) electrons. The Kier molecular flexibility index (Phi) is 3.55. The number of nitrogen functional groups attached to an aromatic ring is 1. The molecule has 118 valence electrons. The highest BCUT2D eigenvalue weighted by Crippen LogP contribution is 2.34. The van der Waals surface area contributed by atoms with Crippen molar-refractivity contribution < 1.29 is 4.74 Å². The zero-order valence-electron chi connectivity index (χ0n) is 12.6. The molecular weight excluding hydrogens is 292 g/mol. The molecule has 4 rings (SSSR count). The Labute approximate surface area is 133 Å². The highest BCUT2D eigenvalue weighted by atomic mass is 16.5. The summed E-state index contributed by atoms with van der Waals surface area (Å²) in [7, 11) is 0. The molecule has 7 nitrogen and oxygen atoms in total. The fourth-order valence-corrected chi connectivity index (χ4v) is 2.94. The highest BCUT2D eigenvalue weighted by molar-refractivity contribution is 5.97. The van der Waals surface area contributed by atoms with Crippen LogP contribution in [0, 0.1) is 0 Å². The van der Waals surface area contributed by atoms with Gasteiger partial charge >= 0.3 is 0 Å². The molecule has 0 aromatic carbocycles. The quantitative estimate of drug-likeness (QED) is 0.681. The molecule has 0 spiro atoms. The van der Waals surface area contributed by atoms with Crippen LogP contribution in [-0.2, 0) is 0 Å². The van der Waals surface area contributed by atoms with Crippen molar-refractivity contribution in [1.29, 1.82) is 0 Å². The fourth-order valence-electron chi connectivity index (χ4n) is 2.94. The van der Waals surface area contributed by atoms with Crippen LogP contribution in [0.1, 0.15) is 12.8 Å². The Morgan fingerprint density at radius 1 is 1.13 bits per heavy atom. The van der Waals surface area contributed by atoms with Crippen molar-refractivity contribution in [2.75, 3.05) is 18.8 Å². The molecule has 0 amide bonds. The van der Waals surface area contributed by atoms with Crippen molar-refractivity contribution in [2.45, 2.75) is 18.9 Å². The number of aromatic amines is 1. The van der Waals surface area contributed by atoms with Gasteiger partial charge < -0.3 is 20.8 Å². The third-order valence-electron chi connectivity index (χ3n) is 4.07. The molecule has 1 saturated heterocycles. The molecule has 23 heavy (non-hydrogen) atoms. The number of nitrogens with one attached hydrogen (secondary N) is 2. The molecule has 0 atom stereocenters. The van der Waals surface area contributed by atoms with Gasteiger partial charge in [-0.25, -0.2) is 15.0 Å². The Balaban J connectivity index is 1.77. The zero-order chi connectivity index (χ0) is 15.6. The van der Waals surface area contributed by atoms with Crippen molar-refractivity contribution in [3.63, 3.8) is 0 Å². The van der Waals surface area contributed by atoms with E-state index in [0.29, 0.717) is 0 Å². The Hall–Kier alpha value is -2.67. The second kappa shape index (κ2) is 5.85. The Bertz CT molecular complexity index is 824. The SMILES string of the molecule is Nc1nccc(-c2c[nH]c3nccc(OC4CCNCC4)c23)n1. The average molecular weight is 310 g/mol. The maximum atomic E-state index is 6.24. The van der Waals surface area contributed by atoms with Gasteiger partial charge in [-0.1, -0.05) is 0 Å². The summed E-state index contributed by atoms with van der Waals surface area (Å²) in [6.07, 6.45) is 7.52. The maximum absolute atomic E-state index is 6.24. The molecule has 0 aliphatic carbocycles. The van der Waals surface area contributed by atoms with Crippen LogP contribution in [0.15, 0.2) is 30.7 Å². The molecule has 3 aromatic rings. The lowest BCUT2D eigenvalue weighted by atomic mass is 10.1. The van der Waals surface area contributed by atoms with E-state index < -0.39 is 0 Å². The molecule has 1 aliphatic heterocycles. The smallest absolute Gasteiger partial charge is 0.220 e. The van der Waals surface area contributed by atoms with Crippen LogP contribution in [0.3, 0.4) is 0 Å². The Morgan fingerprint density at radius 2 is 1.96 bits per heavy atom. The molecule has 0 unspecified atom stereocenters. The van der Waals surface area contributed by atoms with Crippen molar-refractivity contribution in [3.05, 3.63) is 30.7 Å². The second-order valence-electron chi connectivity index (χ2n) is 5.60. The number of hydrogen-bond acceptors (Lipinski definition) is 6. The predicted octanol–water partition coefficient (Wildman–Crippen LogP) is 1.73. The third kappa shape index (κ3) is 2.70. The minimum absolute atomic E-state index is 0.222. The van der Waals surface area contributed by atoms with E-state index in [9.17, 15) is 0 Å². The van der Waals surface area contributed by atoms with Crippen LogP contribution in [0.4, 0.5) is 5.95 Å². The minimum atomic E-state index is 0.222. The maximum Gasteiger partial charge on any atom is 0.220 e. The zero-order valence-corrected chi connectivity index (χ0v) is 12.6. The molecule has 1 fully saturated rings. The van der Waals surface area contributed by atoms with Crippen LogP contribution < -0.4 is 15.8 Å². The number of ether oxygens (including phenoxy) is 1. The van der Waals surface area contributed by atoms with Gasteiger partial charge in [0.2, 0.25) is 5.95 Å². The van der Waals surface area contributed by atoms with Gasteiger partial charge in [0, 0.05) is 24.2 Å². The number of anilines is 1. The van der Waals surface area contributed by atoms with Gasteiger partial charge in [-0.15, -0.1) is 0 Å². The predicted molar refractivity (Wildman–Crippen MR) is 88.1 cm³/mol. The summed E-state index contributed by atoms with van der Waals surface area (Å²) in [6, 6.07) is 3.74. The van der Waals surface area contributed by atoms with Gasteiger partial charge in [0.05, 0.1) is 11.1 Å². The van der Waals surface area contributed by atoms with Crippen LogP contribution in [-0.4, -0.2) is 39.1 Å². The molecular formula is C16H18N6O. The van der Waals surface area contributed by atoms with Gasteiger partial charge in [-0.2, -0.15) is 0 Å². The number of aromatic nitrogens is 4.